The molecule has 10 heteroatoms. The van der Waals surface area contributed by atoms with E-state index in [0.717, 1.165) is 16.0 Å². The molecule has 3 aromatic rings. The first-order valence-electron chi connectivity index (χ1n) is 10.5. The summed E-state index contributed by atoms with van der Waals surface area (Å²) in [5, 5.41) is 3.38. The van der Waals surface area contributed by atoms with Crippen LogP contribution in [-0.4, -0.2) is 41.3 Å². The van der Waals surface area contributed by atoms with Crippen molar-refractivity contribution in [1.82, 2.24) is 13.9 Å². The van der Waals surface area contributed by atoms with Crippen LogP contribution in [0, 0.1) is 20.8 Å². The van der Waals surface area contributed by atoms with Gasteiger partial charge in [-0.15, -0.1) is 11.3 Å². The molecule has 32 heavy (non-hydrogen) atoms. The van der Waals surface area contributed by atoms with Crippen molar-refractivity contribution in [2.45, 2.75) is 52.5 Å². The van der Waals surface area contributed by atoms with Crippen molar-refractivity contribution in [3.8, 4) is 0 Å². The Balaban J connectivity index is 1.77. The second kappa shape index (κ2) is 9.51. The van der Waals surface area contributed by atoms with Gasteiger partial charge in [0, 0.05) is 36.6 Å². The molecule has 0 fully saturated rings. The molecule has 0 aliphatic heterocycles. The van der Waals surface area contributed by atoms with E-state index >= 15 is 0 Å². The Bertz CT molecular complexity index is 1320. The summed E-state index contributed by atoms with van der Waals surface area (Å²) in [5.74, 6) is -0.310. The maximum atomic E-state index is 12.8. The summed E-state index contributed by atoms with van der Waals surface area (Å²) in [6, 6.07) is 4.71. The van der Waals surface area contributed by atoms with Crippen LogP contribution >= 0.6 is 11.3 Å². The maximum Gasteiger partial charge on any atom is 0.262 e. The average molecular weight is 477 g/mol. The third kappa shape index (κ3) is 4.62. The fourth-order valence-corrected chi connectivity index (χ4v) is 5.95. The van der Waals surface area contributed by atoms with Crippen LogP contribution in [0.25, 0.3) is 10.2 Å². The predicted molar refractivity (Wildman–Crippen MR) is 128 cm³/mol. The second-order valence-corrected chi connectivity index (χ2v) is 10.7. The monoisotopic (exact) mass is 476 g/mol. The van der Waals surface area contributed by atoms with Crippen molar-refractivity contribution >= 4 is 43.2 Å². The molecule has 0 saturated heterocycles. The topological polar surface area (TPSA) is 101 Å². The number of hydrogen-bond donors (Lipinski definition) is 1. The number of aryl methyl sites for hydroxylation is 4. The first kappa shape index (κ1) is 24.1. The third-order valence-corrected chi connectivity index (χ3v) is 8.72. The van der Waals surface area contributed by atoms with Gasteiger partial charge in [-0.05, 0) is 44.0 Å². The molecule has 1 N–H and O–H groups in total. The van der Waals surface area contributed by atoms with Crippen LogP contribution in [-0.2, 0) is 21.4 Å². The Hall–Kier alpha value is -2.56. The molecule has 8 nitrogen and oxygen atoms in total. The summed E-state index contributed by atoms with van der Waals surface area (Å²) < 4.78 is 28.4. The van der Waals surface area contributed by atoms with Gasteiger partial charge in [0.25, 0.3) is 5.56 Å². The zero-order valence-electron chi connectivity index (χ0n) is 18.9. The van der Waals surface area contributed by atoms with Crippen molar-refractivity contribution in [2.75, 3.05) is 18.4 Å². The standard InChI is InChI=1S/C22H28N4O4S2/c1-6-26(7-2)32(29,30)17-9-8-14(3)18(12-17)24-19(27)10-11-25-13-23-21-20(22(25)28)15(4)16(5)31-21/h8-9,12-13H,6-7,10-11H2,1-5H3,(H,24,27). The Morgan fingerprint density at radius 2 is 1.88 bits per heavy atom. The summed E-state index contributed by atoms with van der Waals surface area (Å²) in [4.78, 5) is 31.6. The van der Waals surface area contributed by atoms with E-state index in [1.54, 1.807) is 32.9 Å². The molecule has 0 aliphatic rings. The minimum Gasteiger partial charge on any atom is -0.326 e. The normalized spacial score (nSPS) is 11.9. The quantitative estimate of drug-likeness (QED) is 0.537. The van der Waals surface area contributed by atoms with Crippen LogP contribution in [0.1, 0.15) is 36.3 Å². The van der Waals surface area contributed by atoms with Crippen LogP contribution < -0.4 is 10.9 Å². The number of carbonyl (C=O) groups excluding carboxylic acids is 1. The number of aromatic nitrogens is 2. The van der Waals surface area contributed by atoms with Crippen molar-refractivity contribution in [1.29, 1.82) is 0 Å². The Morgan fingerprint density at radius 1 is 1.19 bits per heavy atom. The molecule has 1 aromatic carbocycles. The highest BCUT2D eigenvalue weighted by Crippen LogP contribution is 2.26. The number of nitrogens with one attached hydrogen (secondary N) is 1. The largest absolute Gasteiger partial charge is 0.326 e. The van der Waals surface area contributed by atoms with Gasteiger partial charge in [-0.25, -0.2) is 13.4 Å². The number of hydrogen-bond acceptors (Lipinski definition) is 6. The van der Waals surface area contributed by atoms with E-state index in [1.165, 1.54) is 32.6 Å². The van der Waals surface area contributed by atoms with E-state index in [0.29, 0.717) is 29.0 Å². The van der Waals surface area contributed by atoms with Gasteiger partial charge in [-0.2, -0.15) is 4.31 Å². The lowest BCUT2D eigenvalue weighted by Gasteiger charge is -2.19. The van der Waals surface area contributed by atoms with Crippen LogP contribution in [0.4, 0.5) is 5.69 Å². The number of thiophene rings is 1. The maximum absolute atomic E-state index is 12.8. The molecule has 0 atom stereocenters. The molecule has 3 rings (SSSR count). The fourth-order valence-electron chi connectivity index (χ4n) is 3.47. The number of nitrogens with zero attached hydrogens (tertiary/aromatic N) is 3. The van der Waals surface area contributed by atoms with E-state index in [4.69, 9.17) is 0 Å². The second-order valence-electron chi connectivity index (χ2n) is 7.57. The van der Waals surface area contributed by atoms with Gasteiger partial charge in [-0.1, -0.05) is 19.9 Å². The first-order valence-corrected chi connectivity index (χ1v) is 12.7. The summed E-state index contributed by atoms with van der Waals surface area (Å²) >= 11 is 1.48. The molecular formula is C22H28N4O4S2. The smallest absolute Gasteiger partial charge is 0.262 e. The van der Waals surface area contributed by atoms with E-state index in [-0.39, 0.29) is 29.3 Å². The predicted octanol–water partition coefficient (Wildman–Crippen LogP) is 3.44. The van der Waals surface area contributed by atoms with Gasteiger partial charge in [0.2, 0.25) is 15.9 Å². The zero-order valence-corrected chi connectivity index (χ0v) is 20.6. The van der Waals surface area contributed by atoms with Gasteiger partial charge in [-0.3, -0.25) is 14.2 Å². The van der Waals surface area contributed by atoms with E-state index in [9.17, 15) is 18.0 Å². The Kier molecular flexibility index (Phi) is 7.16. The summed E-state index contributed by atoms with van der Waals surface area (Å²) in [5.41, 5.74) is 1.95. The van der Waals surface area contributed by atoms with E-state index < -0.39 is 10.0 Å². The molecular weight excluding hydrogens is 448 g/mol. The zero-order chi connectivity index (χ0) is 23.6. The number of amides is 1. The van der Waals surface area contributed by atoms with Crippen molar-refractivity contribution in [3.05, 3.63) is 50.9 Å². The van der Waals surface area contributed by atoms with Crippen molar-refractivity contribution in [2.24, 2.45) is 0 Å². The van der Waals surface area contributed by atoms with Crippen LogP contribution in [0.3, 0.4) is 0 Å². The van der Waals surface area contributed by atoms with Gasteiger partial charge in [0.05, 0.1) is 16.6 Å². The summed E-state index contributed by atoms with van der Waals surface area (Å²) in [6.45, 7) is 10.1. The summed E-state index contributed by atoms with van der Waals surface area (Å²) in [6.07, 6.45) is 1.53. The van der Waals surface area contributed by atoms with Crippen molar-refractivity contribution in [3.63, 3.8) is 0 Å². The van der Waals surface area contributed by atoms with E-state index in [1.807, 2.05) is 13.8 Å². The molecule has 1 amide bonds. The molecule has 0 radical (unpaired) electrons. The van der Waals surface area contributed by atoms with Gasteiger partial charge in [0.1, 0.15) is 4.83 Å². The lowest BCUT2D eigenvalue weighted by atomic mass is 10.2. The Morgan fingerprint density at radius 3 is 2.53 bits per heavy atom. The minimum absolute atomic E-state index is 0.0573. The third-order valence-electron chi connectivity index (χ3n) is 5.56. The SMILES string of the molecule is CCN(CC)S(=O)(=O)c1ccc(C)c(NC(=O)CCn2cnc3sc(C)c(C)c3c2=O)c1. The molecule has 0 spiro atoms. The van der Waals surface area contributed by atoms with E-state index in [2.05, 4.69) is 10.3 Å². The van der Waals surface area contributed by atoms with Crippen LogP contribution in [0.2, 0.25) is 0 Å². The van der Waals surface area contributed by atoms with Gasteiger partial charge < -0.3 is 5.32 Å². The Labute approximate surface area is 192 Å². The number of benzene rings is 1. The number of fused-ring (bicyclic) bond motifs is 1. The molecule has 0 saturated carbocycles. The number of sulfonamides is 1. The molecule has 2 aromatic heterocycles. The summed E-state index contributed by atoms with van der Waals surface area (Å²) in [7, 11) is -3.63. The molecule has 0 unspecified atom stereocenters. The molecule has 172 valence electrons. The highest BCUT2D eigenvalue weighted by atomic mass is 32.2. The molecule has 0 bridgehead atoms. The number of anilines is 1. The highest BCUT2D eigenvalue weighted by molar-refractivity contribution is 7.89. The molecule has 0 aliphatic carbocycles. The van der Waals surface area contributed by atoms with Crippen molar-refractivity contribution < 1.29 is 13.2 Å². The minimum atomic E-state index is -3.63. The fraction of sp³-hybridized carbons (Fsp3) is 0.409. The van der Waals surface area contributed by atoms with Crippen LogP contribution in [0.5, 0.6) is 0 Å². The number of rotatable bonds is 8. The lowest BCUT2D eigenvalue weighted by molar-refractivity contribution is -0.116. The average Bonchev–Trinajstić information content (AvgIpc) is 3.04. The lowest BCUT2D eigenvalue weighted by Crippen LogP contribution is -2.30. The molecule has 2 heterocycles. The van der Waals surface area contributed by atoms with Gasteiger partial charge >= 0.3 is 0 Å². The van der Waals surface area contributed by atoms with Gasteiger partial charge in [0.15, 0.2) is 0 Å². The number of carbonyl (C=O) groups is 1. The first-order chi connectivity index (χ1) is 15.1. The van der Waals surface area contributed by atoms with Crippen LogP contribution in [0.15, 0.2) is 34.2 Å². The highest BCUT2D eigenvalue weighted by Gasteiger charge is 2.22.